The molecule has 1 aromatic rings. The summed E-state index contributed by atoms with van der Waals surface area (Å²) in [6, 6.07) is 3.12. The molecule has 5 heteroatoms. The van der Waals surface area contributed by atoms with Crippen LogP contribution in [0.25, 0.3) is 0 Å². The van der Waals surface area contributed by atoms with Crippen LogP contribution in [-0.4, -0.2) is 22.0 Å². The summed E-state index contributed by atoms with van der Waals surface area (Å²) >= 11 is 0. The zero-order valence-corrected chi connectivity index (χ0v) is 8.43. The lowest BCUT2D eigenvalue weighted by molar-refractivity contribution is -0.136. The molecule has 0 aliphatic carbocycles. The van der Waals surface area contributed by atoms with Gasteiger partial charge < -0.3 is 10.4 Å². The molecule has 0 atom stereocenters. The number of carboxylic acid groups (broad SMARTS) is 1. The standard InChI is InChI=1S/C11H10N2O3/c1-2-3-10(14)13-9-5-4-8(12-7-9)6-11(15)16/h1,4-5,7H,3,6H2,(H,13,14)(H,15,16). The highest BCUT2D eigenvalue weighted by Gasteiger charge is 2.03. The maximum absolute atomic E-state index is 11.1. The van der Waals surface area contributed by atoms with Crippen molar-refractivity contribution in [3.05, 3.63) is 24.0 Å². The lowest BCUT2D eigenvalue weighted by atomic mass is 10.2. The Labute approximate surface area is 92.5 Å². The average Bonchev–Trinajstić information content (AvgIpc) is 2.20. The first-order chi connectivity index (χ1) is 7.61. The van der Waals surface area contributed by atoms with E-state index < -0.39 is 5.97 Å². The highest BCUT2D eigenvalue weighted by atomic mass is 16.4. The molecule has 1 aromatic heterocycles. The van der Waals surface area contributed by atoms with E-state index in [0.717, 1.165) is 0 Å². The second-order valence-electron chi connectivity index (χ2n) is 3.04. The van der Waals surface area contributed by atoms with Crippen molar-refractivity contribution in [2.75, 3.05) is 5.32 Å². The number of carboxylic acids is 1. The summed E-state index contributed by atoms with van der Waals surface area (Å²) < 4.78 is 0. The molecular weight excluding hydrogens is 208 g/mol. The van der Waals surface area contributed by atoms with Gasteiger partial charge in [0.25, 0.3) is 0 Å². The van der Waals surface area contributed by atoms with Gasteiger partial charge in [0.2, 0.25) is 5.91 Å². The number of carbonyl (C=O) groups is 2. The number of anilines is 1. The molecular formula is C11H10N2O3. The first-order valence-corrected chi connectivity index (χ1v) is 4.52. The Morgan fingerprint density at radius 2 is 2.25 bits per heavy atom. The molecule has 0 saturated heterocycles. The van der Waals surface area contributed by atoms with Gasteiger partial charge in [-0.2, -0.15) is 0 Å². The largest absolute Gasteiger partial charge is 0.481 e. The molecule has 82 valence electrons. The van der Waals surface area contributed by atoms with Gasteiger partial charge in [-0.25, -0.2) is 0 Å². The predicted octanol–water partition coefficient (Wildman–Crippen LogP) is 0.670. The number of nitrogens with one attached hydrogen (secondary N) is 1. The number of pyridine rings is 1. The molecule has 0 saturated carbocycles. The number of amides is 1. The number of terminal acetylenes is 1. The Bertz CT molecular complexity index is 432. The first-order valence-electron chi connectivity index (χ1n) is 4.52. The summed E-state index contributed by atoms with van der Waals surface area (Å²) in [5, 5.41) is 11.1. The molecule has 0 fully saturated rings. The van der Waals surface area contributed by atoms with Crippen LogP contribution in [0, 0.1) is 12.3 Å². The lowest BCUT2D eigenvalue weighted by Gasteiger charge is -2.03. The van der Waals surface area contributed by atoms with Crippen molar-refractivity contribution in [1.29, 1.82) is 0 Å². The molecule has 0 aromatic carbocycles. The summed E-state index contributed by atoms with van der Waals surface area (Å²) in [4.78, 5) is 25.4. The highest BCUT2D eigenvalue weighted by Crippen LogP contribution is 2.06. The van der Waals surface area contributed by atoms with Gasteiger partial charge in [-0.3, -0.25) is 14.6 Å². The fourth-order valence-corrected chi connectivity index (χ4v) is 1.06. The quantitative estimate of drug-likeness (QED) is 0.728. The molecule has 1 amide bonds. The van der Waals surface area contributed by atoms with E-state index in [2.05, 4.69) is 16.2 Å². The molecule has 0 aliphatic heterocycles. The Balaban J connectivity index is 2.61. The zero-order chi connectivity index (χ0) is 12.0. The van der Waals surface area contributed by atoms with Crippen LogP contribution >= 0.6 is 0 Å². The van der Waals surface area contributed by atoms with Crippen LogP contribution in [0.3, 0.4) is 0 Å². The number of hydrogen-bond acceptors (Lipinski definition) is 3. The Kier molecular flexibility index (Phi) is 4.04. The zero-order valence-electron chi connectivity index (χ0n) is 8.43. The summed E-state index contributed by atoms with van der Waals surface area (Å²) in [6.07, 6.45) is 6.22. The minimum atomic E-state index is -0.948. The van der Waals surface area contributed by atoms with Crippen LogP contribution in [0.15, 0.2) is 18.3 Å². The number of rotatable bonds is 4. The van der Waals surface area contributed by atoms with Gasteiger partial charge in [-0.1, -0.05) is 5.92 Å². The SMILES string of the molecule is C#CCC(=O)Nc1ccc(CC(=O)O)nc1. The number of hydrogen-bond donors (Lipinski definition) is 2. The molecule has 1 rings (SSSR count). The monoisotopic (exact) mass is 218 g/mol. The van der Waals surface area contributed by atoms with Crippen molar-refractivity contribution in [1.82, 2.24) is 4.98 Å². The Morgan fingerprint density at radius 3 is 2.75 bits per heavy atom. The van der Waals surface area contributed by atoms with Gasteiger partial charge in [0.05, 0.1) is 30.4 Å². The maximum atomic E-state index is 11.1. The Morgan fingerprint density at radius 1 is 1.50 bits per heavy atom. The molecule has 16 heavy (non-hydrogen) atoms. The van der Waals surface area contributed by atoms with E-state index in [4.69, 9.17) is 11.5 Å². The van der Waals surface area contributed by atoms with Crippen molar-refractivity contribution in [2.24, 2.45) is 0 Å². The van der Waals surface area contributed by atoms with E-state index >= 15 is 0 Å². The van der Waals surface area contributed by atoms with Crippen molar-refractivity contribution in [3.8, 4) is 12.3 Å². The van der Waals surface area contributed by atoms with Crippen molar-refractivity contribution >= 4 is 17.6 Å². The van der Waals surface area contributed by atoms with Crippen molar-refractivity contribution < 1.29 is 14.7 Å². The van der Waals surface area contributed by atoms with E-state index in [1.54, 1.807) is 12.1 Å². The molecule has 0 unspecified atom stereocenters. The summed E-state index contributed by atoms with van der Waals surface area (Å²) in [5.74, 6) is 0.971. The first kappa shape index (κ1) is 11.7. The van der Waals surface area contributed by atoms with Crippen molar-refractivity contribution in [3.63, 3.8) is 0 Å². The fraction of sp³-hybridized carbons (Fsp3) is 0.182. The number of carbonyl (C=O) groups excluding carboxylic acids is 1. The summed E-state index contributed by atoms with van der Waals surface area (Å²) in [6.45, 7) is 0. The van der Waals surface area contributed by atoms with Crippen LogP contribution in [0.4, 0.5) is 5.69 Å². The minimum absolute atomic E-state index is 0.00310. The molecule has 0 aliphatic rings. The summed E-state index contributed by atoms with van der Waals surface area (Å²) in [7, 11) is 0. The summed E-state index contributed by atoms with van der Waals surface area (Å²) in [5.41, 5.74) is 0.928. The molecule has 2 N–H and O–H groups in total. The van der Waals surface area contributed by atoms with Gasteiger partial charge in [0.1, 0.15) is 0 Å². The van der Waals surface area contributed by atoms with Gasteiger partial charge in [0, 0.05) is 0 Å². The molecule has 1 heterocycles. The smallest absolute Gasteiger partial charge is 0.309 e. The third kappa shape index (κ3) is 3.80. The van der Waals surface area contributed by atoms with Gasteiger partial charge in [-0.05, 0) is 12.1 Å². The highest BCUT2D eigenvalue weighted by molar-refractivity contribution is 5.92. The van der Waals surface area contributed by atoms with Crippen LogP contribution in [0.5, 0.6) is 0 Å². The van der Waals surface area contributed by atoms with Crippen LogP contribution < -0.4 is 5.32 Å². The topological polar surface area (TPSA) is 79.3 Å². The van der Waals surface area contributed by atoms with E-state index in [9.17, 15) is 9.59 Å². The normalized spacial score (nSPS) is 9.19. The van der Waals surface area contributed by atoms with Crippen LogP contribution in [0.1, 0.15) is 12.1 Å². The van der Waals surface area contributed by atoms with E-state index in [-0.39, 0.29) is 18.7 Å². The maximum Gasteiger partial charge on any atom is 0.309 e. The van der Waals surface area contributed by atoms with E-state index in [1.165, 1.54) is 6.20 Å². The molecule has 0 bridgehead atoms. The van der Waals surface area contributed by atoms with Gasteiger partial charge in [0.15, 0.2) is 0 Å². The third-order valence-electron chi connectivity index (χ3n) is 1.70. The predicted molar refractivity (Wildman–Crippen MR) is 57.7 cm³/mol. The van der Waals surface area contributed by atoms with Gasteiger partial charge in [-0.15, -0.1) is 6.42 Å². The lowest BCUT2D eigenvalue weighted by Crippen LogP contribution is -2.10. The van der Waals surface area contributed by atoms with Gasteiger partial charge >= 0.3 is 5.97 Å². The molecule has 0 radical (unpaired) electrons. The molecule has 0 spiro atoms. The van der Waals surface area contributed by atoms with Crippen LogP contribution in [-0.2, 0) is 16.0 Å². The molecule has 5 nitrogen and oxygen atoms in total. The number of aliphatic carboxylic acids is 1. The fourth-order valence-electron chi connectivity index (χ4n) is 1.06. The van der Waals surface area contributed by atoms with Crippen molar-refractivity contribution in [2.45, 2.75) is 12.8 Å². The number of nitrogens with zero attached hydrogens (tertiary/aromatic N) is 1. The second kappa shape index (κ2) is 5.51. The van der Waals surface area contributed by atoms with Crippen LogP contribution in [0.2, 0.25) is 0 Å². The average molecular weight is 218 g/mol. The minimum Gasteiger partial charge on any atom is -0.481 e. The number of aromatic nitrogens is 1. The van der Waals surface area contributed by atoms with E-state index in [0.29, 0.717) is 11.4 Å². The van der Waals surface area contributed by atoms with E-state index in [1.807, 2.05) is 0 Å². The Hall–Kier alpha value is -2.35. The third-order valence-corrected chi connectivity index (χ3v) is 1.70. The second-order valence-corrected chi connectivity index (χ2v) is 3.04.